The topological polar surface area (TPSA) is 77.1 Å². The Bertz CT molecular complexity index is 1610. The summed E-state index contributed by atoms with van der Waals surface area (Å²) in [6, 6.07) is 15.6. The average molecular weight is 459 g/mol. The van der Waals surface area contributed by atoms with Gasteiger partial charge in [-0.25, -0.2) is 13.8 Å². The van der Waals surface area contributed by atoms with Crippen molar-refractivity contribution in [3.8, 4) is 11.4 Å². The number of aldehydes is 1. The number of carbonyl (C=O) groups excluding carboxylic acids is 1. The molecule has 0 bridgehead atoms. The SMILES string of the molecule is CC(Nc1cnc(-c2ccccc2F)n(CC=O)c1=O)c1ccc2oc3cc(F)ccc3c2c1. The molecule has 2 aromatic heterocycles. The first-order valence-electron chi connectivity index (χ1n) is 10.6. The van der Waals surface area contributed by atoms with E-state index in [-0.39, 0.29) is 35.5 Å². The predicted molar refractivity (Wildman–Crippen MR) is 126 cm³/mol. The Morgan fingerprint density at radius 2 is 1.88 bits per heavy atom. The molecule has 5 rings (SSSR count). The van der Waals surface area contributed by atoms with Gasteiger partial charge in [0.1, 0.15) is 40.6 Å². The second kappa shape index (κ2) is 8.55. The van der Waals surface area contributed by atoms with Crippen molar-refractivity contribution in [2.45, 2.75) is 19.5 Å². The van der Waals surface area contributed by atoms with E-state index in [1.165, 1.54) is 36.5 Å². The van der Waals surface area contributed by atoms with Crippen LogP contribution in [0.2, 0.25) is 0 Å². The molecule has 34 heavy (non-hydrogen) atoms. The summed E-state index contributed by atoms with van der Waals surface area (Å²) in [5, 5.41) is 4.75. The number of halogens is 2. The predicted octanol–water partition coefficient (Wildman–Crippen LogP) is 5.46. The molecule has 170 valence electrons. The highest BCUT2D eigenvalue weighted by molar-refractivity contribution is 6.05. The van der Waals surface area contributed by atoms with E-state index < -0.39 is 11.4 Å². The molecule has 0 aliphatic rings. The number of carbonyl (C=O) groups is 1. The van der Waals surface area contributed by atoms with Gasteiger partial charge in [-0.15, -0.1) is 0 Å². The highest BCUT2D eigenvalue weighted by Gasteiger charge is 2.17. The Morgan fingerprint density at radius 1 is 1.06 bits per heavy atom. The lowest BCUT2D eigenvalue weighted by molar-refractivity contribution is -0.108. The minimum absolute atomic E-state index is 0.0759. The molecule has 8 heteroatoms. The minimum Gasteiger partial charge on any atom is -0.456 e. The quantitative estimate of drug-likeness (QED) is 0.341. The zero-order valence-corrected chi connectivity index (χ0v) is 18.1. The van der Waals surface area contributed by atoms with Crippen molar-refractivity contribution in [3.05, 3.63) is 94.4 Å². The van der Waals surface area contributed by atoms with E-state index in [4.69, 9.17) is 4.42 Å². The van der Waals surface area contributed by atoms with E-state index in [0.717, 1.165) is 20.9 Å². The van der Waals surface area contributed by atoms with E-state index in [9.17, 15) is 18.4 Å². The average Bonchev–Trinajstić information content (AvgIpc) is 3.19. The van der Waals surface area contributed by atoms with Crippen LogP contribution in [0.15, 0.2) is 76.1 Å². The fraction of sp³-hybridized carbons (Fsp3) is 0.115. The van der Waals surface area contributed by atoms with Gasteiger partial charge < -0.3 is 14.5 Å². The molecule has 0 aliphatic carbocycles. The van der Waals surface area contributed by atoms with Gasteiger partial charge in [0.25, 0.3) is 5.56 Å². The van der Waals surface area contributed by atoms with Gasteiger partial charge in [-0.3, -0.25) is 9.36 Å². The first-order valence-corrected chi connectivity index (χ1v) is 10.6. The van der Waals surface area contributed by atoms with Crippen molar-refractivity contribution < 1.29 is 18.0 Å². The maximum absolute atomic E-state index is 14.3. The van der Waals surface area contributed by atoms with Crippen molar-refractivity contribution in [1.29, 1.82) is 0 Å². The highest BCUT2D eigenvalue weighted by atomic mass is 19.1. The smallest absolute Gasteiger partial charge is 0.277 e. The number of nitrogens with zero attached hydrogens (tertiary/aromatic N) is 2. The zero-order valence-electron chi connectivity index (χ0n) is 18.1. The molecular weight excluding hydrogens is 440 g/mol. The van der Waals surface area contributed by atoms with E-state index in [1.54, 1.807) is 18.2 Å². The molecule has 0 amide bonds. The fourth-order valence-electron chi connectivity index (χ4n) is 4.05. The lowest BCUT2D eigenvalue weighted by Gasteiger charge is -2.17. The van der Waals surface area contributed by atoms with Crippen LogP contribution in [-0.4, -0.2) is 15.8 Å². The summed E-state index contributed by atoms with van der Waals surface area (Å²) in [7, 11) is 0. The second-order valence-electron chi connectivity index (χ2n) is 7.92. The Balaban J connectivity index is 1.51. The maximum Gasteiger partial charge on any atom is 0.277 e. The van der Waals surface area contributed by atoms with Crippen LogP contribution in [0.1, 0.15) is 18.5 Å². The second-order valence-corrected chi connectivity index (χ2v) is 7.92. The van der Waals surface area contributed by atoms with Gasteiger partial charge in [0, 0.05) is 22.9 Å². The third-order valence-electron chi connectivity index (χ3n) is 5.75. The van der Waals surface area contributed by atoms with Gasteiger partial charge in [0.2, 0.25) is 0 Å². The van der Waals surface area contributed by atoms with Gasteiger partial charge in [-0.2, -0.15) is 0 Å². The number of nitrogens with one attached hydrogen (secondary N) is 1. The van der Waals surface area contributed by atoms with Gasteiger partial charge in [-0.05, 0) is 48.9 Å². The minimum atomic E-state index is -0.538. The van der Waals surface area contributed by atoms with Crippen LogP contribution >= 0.6 is 0 Å². The van der Waals surface area contributed by atoms with Crippen LogP contribution in [0.3, 0.4) is 0 Å². The number of furan rings is 1. The number of aromatic nitrogens is 2. The third kappa shape index (κ3) is 3.73. The third-order valence-corrected chi connectivity index (χ3v) is 5.75. The Labute approximate surface area is 192 Å². The molecule has 2 heterocycles. The molecule has 0 aliphatic heterocycles. The molecule has 1 N–H and O–H groups in total. The molecule has 1 unspecified atom stereocenters. The Hall–Kier alpha value is -4.33. The molecule has 6 nitrogen and oxygen atoms in total. The number of anilines is 1. The molecule has 0 fully saturated rings. The lowest BCUT2D eigenvalue weighted by atomic mass is 10.0. The van der Waals surface area contributed by atoms with Gasteiger partial charge in [0.05, 0.1) is 18.3 Å². The van der Waals surface area contributed by atoms with Gasteiger partial charge in [-0.1, -0.05) is 18.2 Å². The van der Waals surface area contributed by atoms with Crippen LogP contribution in [-0.2, 0) is 11.3 Å². The van der Waals surface area contributed by atoms with Crippen LogP contribution in [0.4, 0.5) is 14.5 Å². The van der Waals surface area contributed by atoms with Crippen molar-refractivity contribution in [2.75, 3.05) is 5.32 Å². The number of hydrogen-bond acceptors (Lipinski definition) is 5. The van der Waals surface area contributed by atoms with Gasteiger partial charge in [0.15, 0.2) is 0 Å². The first-order chi connectivity index (χ1) is 16.5. The summed E-state index contributed by atoms with van der Waals surface area (Å²) in [5.41, 5.74) is 1.76. The zero-order chi connectivity index (χ0) is 23.8. The summed E-state index contributed by atoms with van der Waals surface area (Å²) in [6.45, 7) is 1.61. The maximum atomic E-state index is 14.3. The standard InChI is InChI=1S/C26H19F2N3O3/c1-15(16-6-9-23-20(12-16)18-8-7-17(27)13-24(18)34-23)30-22-14-29-25(31(10-11-32)26(22)33)19-4-2-3-5-21(19)28/h2-9,11-15,30H,10H2,1H3. The van der Waals surface area contributed by atoms with Crippen LogP contribution in [0, 0.1) is 11.6 Å². The Morgan fingerprint density at radius 3 is 2.68 bits per heavy atom. The van der Waals surface area contributed by atoms with Crippen LogP contribution in [0.5, 0.6) is 0 Å². The summed E-state index contributed by atoms with van der Waals surface area (Å²) in [6.07, 6.45) is 1.91. The molecule has 0 saturated heterocycles. The van der Waals surface area contributed by atoms with Gasteiger partial charge >= 0.3 is 0 Å². The number of rotatable bonds is 6. The highest BCUT2D eigenvalue weighted by Crippen LogP contribution is 2.32. The van der Waals surface area contributed by atoms with Crippen molar-refractivity contribution in [2.24, 2.45) is 0 Å². The molecule has 0 saturated carbocycles. The molecule has 0 spiro atoms. The van der Waals surface area contributed by atoms with Crippen LogP contribution < -0.4 is 10.9 Å². The van der Waals surface area contributed by atoms with E-state index >= 15 is 0 Å². The van der Waals surface area contributed by atoms with Crippen LogP contribution in [0.25, 0.3) is 33.3 Å². The van der Waals surface area contributed by atoms with Crippen molar-refractivity contribution in [1.82, 2.24) is 9.55 Å². The monoisotopic (exact) mass is 459 g/mol. The summed E-state index contributed by atoms with van der Waals surface area (Å²) in [5.74, 6) is -0.838. The van der Waals surface area contributed by atoms with Crippen molar-refractivity contribution >= 4 is 33.9 Å². The molecule has 1 atom stereocenters. The van der Waals surface area contributed by atoms with E-state index in [1.807, 2.05) is 19.1 Å². The molecular formula is C26H19F2N3O3. The lowest BCUT2D eigenvalue weighted by Crippen LogP contribution is -2.27. The number of fused-ring (bicyclic) bond motifs is 3. The molecule has 5 aromatic rings. The normalized spacial score (nSPS) is 12.2. The fourth-order valence-corrected chi connectivity index (χ4v) is 4.05. The largest absolute Gasteiger partial charge is 0.456 e. The summed E-state index contributed by atoms with van der Waals surface area (Å²) >= 11 is 0. The number of hydrogen-bond donors (Lipinski definition) is 1. The number of benzene rings is 3. The van der Waals surface area contributed by atoms with E-state index in [2.05, 4.69) is 10.3 Å². The molecule has 3 aromatic carbocycles. The Kier molecular flexibility index (Phi) is 5.41. The summed E-state index contributed by atoms with van der Waals surface area (Å²) < 4.78 is 34.7. The summed E-state index contributed by atoms with van der Waals surface area (Å²) in [4.78, 5) is 28.7. The van der Waals surface area contributed by atoms with Crippen molar-refractivity contribution in [3.63, 3.8) is 0 Å². The molecule has 0 radical (unpaired) electrons. The first kappa shape index (κ1) is 21.5. The van der Waals surface area contributed by atoms with E-state index in [0.29, 0.717) is 17.5 Å².